The molecule has 6 nitrogen and oxygen atoms in total. The molecule has 0 amide bonds. The van der Waals surface area contributed by atoms with E-state index in [-0.39, 0.29) is 31.1 Å². The van der Waals surface area contributed by atoms with Crippen molar-refractivity contribution in [2.45, 2.75) is 277 Å². The highest BCUT2D eigenvalue weighted by atomic mass is 16.6. The molecule has 0 aliphatic rings. The number of rotatable bonds is 52. The van der Waals surface area contributed by atoms with Crippen molar-refractivity contribution in [1.29, 1.82) is 0 Å². The van der Waals surface area contributed by atoms with E-state index in [1.807, 2.05) is 24.3 Å². The summed E-state index contributed by atoms with van der Waals surface area (Å²) in [4.78, 5) is 38.2. The number of esters is 3. The molecule has 0 heterocycles. The summed E-state index contributed by atoms with van der Waals surface area (Å²) >= 11 is 0. The first-order valence-electron chi connectivity index (χ1n) is 29.3. The molecule has 0 saturated carbocycles. The Hall–Kier alpha value is -3.67. The number of ether oxygens (including phenoxy) is 3. The lowest BCUT2D eigenvalue weighted by Gasteiger charge is -2.18. The minimum Gasteiger partial charge on any atom is -0.462 e. The fourth-order valence-electron chi connectivity index (χ4n) is 7.99. The van der Waals surface area contributed by atoms with Gasteiger partial charge in [0.05, 0.1) is 0 Å². The molecule has 6 heteroatoms. The van der Waals surface area contributed by atoms with E-state index in [4.69, 9.17) is 14.2 Å². The maximum Gasteiger partial charge on any atom is 0.306 e. The molecule has 0 saturated heterocycles. The van der Waals surface area contributed by atoms with Crippen molar-refractivity contribution < 1.29 is 28.6 Å². The van der Waals surface area contributed by atoms with Crippen LogP contribution in [-0.2, 0) is 28.6 Å². The predicted molar refractivity (Wildman–Crippen MR) is 302 cm³/mol. The highest BCUT2D eigenvalue weighted by molar-refractivity contribution is 5.71. The number of unbranched alkanes of at least 4 members (excludes halogenated alkanes) is 30. The molecular formula is C64H108O6. The number of hydrogen-bond donors (Lipinski definition) is 0. The lowest BCUT2D eigenvalue weighted by atomic mass is 10.1. The Bertz CT molecular complexity index is 1400. The Morgan fingerprint density at radius 2 is 0.557 bits per heavy atom. The van der Waals surface area contributed by atoms with E-state index in [9.17, 15) is 14.4 Å². The van der Waals surface area contributed by atoms with Gasteiger partial charge >= 0.3 is 17.9 Å². The van der Waals surface area contributed by atoms with Gasteiger partial charge in [0.15, 0.2) is 6.10 Å². The van der Waals surface area contributed by atoms with E-state index in [1.54, 1.807) is 0 Å². The standard InChI is InChI=1S/C64H108O6/c1-4-7-10-13-16-19-22-25-28-31-33-36-39-42-45-48-51-54-57-63(66)69-60-61(59-68-62(65)56-53-50-47-44-41-38-35-30-27-24-21-18-15-12-9-6-3)70-64(67)58-55-52-49-46-43-40-37-34-32-29-26-23-20-17-14-11-8-5-2/h10,13,16,19,22,25,28-37,61H,4-9,11-12,14-15,17-18,20-21,23-24,26-27,38-60H2,1-3H3/b13-10-,19-16-,25-22-,31-28-,32-29-,35-30-,36-33-,37-34-. The minimum atomic E-state index is -0.802. The summed E-state index contributed by atoms with van der Waals surface area (Å²) in [6.45, 7) is 6.51. The normalized spacial score (nSPS) is 12.8. The molecule has 0 spiro atoms. The Kier molecular flexibility index (Phi) is 54.9. The molecule has 0 aliphatic heterocycles. The fraction of sp³-hybridized carbons (Fsp3) is 0.703. The SMILES string of the molecule is CCC\C=C/C=C\C=C/C=C\C=C/CCCCCCCC(=O)OCC(COC(=O)CCCCCCC/C=C\CCCCCCCCC)OC(=O)CCCCCCC/C=C\C=C/CCCCCCCCC. The Morgan fingerprint density at radius 1 is 0.286 bits per heavy atom. The summed E-state index contributed by atoms with van der Waals surface area (Å²) in [6.07, 6.45) is 76.7. The number of carbonyl (C=O) groups is 3. The predicted octanol–water partition coefficient (Wildman–Crippen LogP) is 19.7. The summed E-state index contributed by atoms with van der Waals surface area (Å²) in [5.74, 6) is -0.941. The van der Waals surface area contributed by atoms with Crippen molar-refractivity contribution in [2.75, 3.05) is 13.2 Å². The van der Waals surface area contributed by atoms with Crippen LogP contribution in [0, 0.1) is 0 Å². The maximum atomic E-state index is 12.9. The van der Waals surface area contributed by atoms with Crippen molar-refractivity contribution in [3.05, 3.63) is 97.2 Å². The molecule has 0 aliphatic carbocycles. The van der Waals surface area contributed by atoms with E-state index in [0.29, 0.717) is 19.3 Å². The fourth-order valence-corrected chi connectivity index (χ4v) is 7.99. The molecule has 0 aromatic rings. The molecular weight excluding hydrogens is 865 g/mol. The Balaban J connectivity index is 4.49. The van der Waals surface area contributed by atoms with Crippen molar-refractivity contribution in [1.82, 2.24) is 0 Å². The Morgan fingerprint density at radius 3 is 0.914 bits per heavy atom. The lowest BCUT2D eigenvalue weighted by Crippen LogP contribution is -2.30. The Labute approximate surface area is 432 Å². The third-order valence-corrected chi connectivity index (χ3v) is 12.4. The highest BCUT2D eigenvalue weighted by Gasteiger charge is 2.19. The van der Waals surface area contributed by atoms with Crippen LogP contribution in [0.15, 0.2) is 97.2 Å². The van der Waals surface area contributed by atoms with Gasteiger partial charge in [-0.1, -0.05) is 259 Å². The van der Waals surface area contributed by atoms with Crippen LogP contribution in [0.2, 0.25) is 0 Å². The van der Waals surface area contributed by atoms with Gasteiger partial charge in [-0.15, -0.1) is 0 Å². The molecule has 0 rings (SSSR count). The number of carbonyl (C=O) groups excluding carboxylic acids is 3. The first-order valence-corrected chi connectivity index (χ1v) is 29.3. The quantitative estimate of drug-likeness (QED) is 0.0199. The number of allylic oxidation sites excluding steroid dienone is 16. The van der Waals surface area contributed by atoms with Crippen molar-refractivity contribution in [3.63, 3.8) is 0 Å². The molecule has 70 heavy (non-hydrogen) atoms. The molecule has 1 atom stereocenters. The number of hydrogen-bond acceptors (Lipinski definition) is 6. The van der Waals surface area contributed by atoms with E-state index in [1.165, 1.54) is 122 Å². The van der Waals surface area contributed by atoms with Gasteiger partial charge in [-0.05, 0) is 89.9 Å². The van der Waals surface area contributed by atoms with Crippen LogP contribution in [0.5, 0.6) is 0 Å². The summed E-state index contributed by atoms with van der Waals surface area (Å²) in [5, 5.41) is 0. The van der Waals surface area contributed by atoms with Crippen LogP contribution in [-0.4, -0.2) is 37.2 Å². The van der Waals surface area contributed by atoms with Crippen molar-refractivity contribution in [3.8, 4) is 0 Å². The van der Waals surface area contributed by atoms with Crippen LogP contribution in [0.4, 0.5) is 0 Å². The van der Waals surface area contributed by atoms with E-state index in [0.717, 1.165) is 109 Å². The third-order valence-electron chi connectivity index (χ3n) is 12.4. The molecule has 0 fully saturated rings. The summed E-state index contributed by atoms with van der Waals surface area (Å²) in [6, 6.07) is 0. The molecule has 0 aromatic heterocycles. The highest BCUT2D eigenvalue weighted by Crippen LogP contribution is 2.14. The zero-order chi connectivity index (χ0) is 50.7. The van der Waals surface area contributed by atoms with Crippen molar-refractivity contribution >= 4 is 17.9 Å². The molecule has 400 valence electrons. The van der Waals surface area contributed by atoms with Crippen LogP contribution in [0.25, 0.3) is 0 Å². The van der Waals surface area contributed by atoms with Gasteiger partial charge in [-0.3, -0.25) is 14.4 Å². The molecule has 1 unspecified atom stereocenters. The van der Waals surface area contributed by atoms with Gasteiger partial charge in [0.2, 0.25) is 0 Å². The topological polar surface area (TPSA) is 78.9 Å². The molecule has 0 aromatic carbocycles. The maximum absolute atomic E-state index is 12.9. The molecule has 0 N–H and O–H groups in total. The lowest BCUT2D eigenvalue weighted by molar-refractivity contribution is -0.167. The van der Waals surface area contributed by atoms with E-state index >= 15 is 0 Å². The van der Waals surface area contributed by atoms with Crippen LogP contribution >= 0.6 is 0 Å². The third kappa shape index (κ3) is 55.3. The van der Waals surface area contributed by atoms with Gasteiger partial charge in [-0.2, -0.15) is 0 Å². The zero-order valence-electron chi connectivity index (χ0n) is 45.8. The summed E-state index contributed by atoms with van der Waals surface area (Å²) in [5.41, 5.74) is 0. The van der Waals surface area contributed by atoms with Gasteiger partial charge < -0.3 is 14.2 Å². The van der Waals surface area contributed by atoms with Gasteiger partial charge in [-0.25, -0.2) is 0 Å². The zero-order valence-corrected chi connectivity index (χ0v) is 45.8. The second kappa shape index (κ2) is 57.9. The van der Waals surface area contributed by atoms with Crippen LogP contribution in [0.1, 0.15) is 271 Å². The van der Waals surface area contributed by atoms with Crippen LogP contribution < -0.4 is 0 Å². The van der Waals surface area contributed by atoms with Crippen LogP contribution in [0.3, 0.4) is 0 Å². The first-order chi connectivity index (χ1) is 34.5. The van der Waals surface area contributed by atoms with Gasteiger partial charge in [0.1, 0.15) is 13.2 Å². The van der Waals surface area contributed by atoms with Gasteiger partial charge in [0, 0.05) is 19.3 Å². The second-order valence-corrected chi connectivity index (χ2v) is 19.3. The van der Waals surface area contributed by atoms with E-state index in [2.05, 4.69) is 93.7 Å². The smallest absolute Gasteiger partial charge is 0.306 e. The average molecular weight is 974 g/mol. The molecule has 0 bridgehead atoms. The second-order valence-electron chi connectivity index (χ2n) is 19.3. The summed E-state index contributed by atoms with van der Waals surface area (Å²) in [7, 11) is 0. The largest absolute Gasteiger partial charge is 0.462 e. The van der Waals surface area contributed by atoms with Gasteiger partial charge in [0.25, 0.3) is 0 Å². The minimum absolute atomic E-state index is 0.0971. The average Bonchev–Trinajstić information content (AvgIpc) is 3.36. The monoisotopic (exact) mass is 973 g/mol. The van der Waals surface area contributed by atoms with Crippen molar-refractivity contribution in [2.24, 2.45) is 0 Å². The molecule has 0 radical (unpaired) electrons. The summed E-state index contributed by atoms with van der Waals surface area (Å²) < 4.78 is 16.8. The first kappa shape index (κ1) is 66.3. The van der Waals surface area contributed by atoms with E-state index < -0.39 is 6.10 Å².